The van der Waals surface area contributed by atoms with Gasteiger partial charge in [0.15, 0.2) is 0 Å². The molecular formula is C52H60FN9O8SSi. The average molecular weight is 1020 g/mol. The molecule has 11 rings (SSSR count). The molecule has 4 aliphatic heterocycles. The molecular weight excluding hydrogens is 958 g/mol. The molecule has 1 saturated carbocycles. The largest absolute Gasteiger partial charge is 0.464 e. The summed E-state index contributed by atoms with van der Waals surface area (Å²) >= 11 is 1.73. The van der Waals surface area contributed by atoms with Crippen molar-refractivity contribution in [3.8, 4) is 39.5 Å². The summed E-state index contributed by atoms with van der Waals surface area (Å²) in [6, 6.07) is 14.0. The molecule has 4 aromatic heterocycles. The number of H-pyrrole nitrogens is 2. The lowest BCUT2D eigenvalue weighted by Crippen LogP contribution is -2.69. The third kappa shape index (κ3) is 8.63. The molecule has 0 spiro atoms. The monoisotopic (exact) mass is 1020 g/mol. The molecule has 20 heteroatoms. The summed E-state index contributed by atoms with van der Waals surface area (Å²) < 4.78 is 41.3. The van der Waals surface area contributed by atoms with Crippen molar-refractivity contribution >= 4 is 54.3 Å². The fourth-order valence-corrected chi connectivity index (χ4v) is 15.5. The van der Waals surface area contributed by atoms with Crippen molar-refractivity contribution in [3.63, 3.8) is 0 Å². The Kier molecular flexibility index (Phi) is 12.5. The second-order valence-corrected chi connectivity index (χ2v) is 26.8. The number of rotatable bonds is 12. The van der Waals surface area contributed by atoms with Crippen LogP contribution in [0.25, 0.3) is 44.7 Å². The third-order valence-electron chi connectivity index (χ3n) is 15.2. The first-order valence-corrected chi connectivity index (χ1v) is 29.0. The van der Waals surface area contributed by atoms with Gasteiger partial charge in [0.25, 0.3) is 0 Å². The van der Waals surface area contributed by atoms with E-state index in [-0.39, 0.29) is 35.4 Å². The lowest BCUT2D eigenvalue weighted by molar-refractivity contribution is -0.138. The Morgan fingerprint density at radius 1 is 0.833 bits per heavy atom. The Hall–Kier alpha value is -6.51. The molecule has 6 aromatic rings. The Labute approximate surface area is 421 Å². The van der Waals surface area contributed by atoms with Gasteiger partial charge in [-0.2, -0.15) is 0 Å². The van der Waals surface area contributed by atoms with Gasteiger partial charge < -0.3 is 49.3 Å². The molecule has 1 aliphatic carbocycles. The van der Waals surface area contributed by atoms with E-state index in [0.29, 0.717) is 91.0 Å². The highest BCUT2D eigenvalue weighted by molar-refractivity contribution is 7.12. The molecule has 5 aliphatic rings. The van der Waals surface area contributed by atoms with Gasteiger partial charge in [0, 0.05) is 47.3 Å². The summed E-state index contributed by atoms with van der Waals surface area (Å²) in [6.45, 7) is 9.81. The van der Waals surface area contributed by atoms with Gasteiger partial charge in [0.2, 0.25) is 18.0 Å². The molecule has 378 valence electrons. The van der Waals surface area contributed by atoms with Gasteiger partial charge in [-0.05, 0) is 98.7 Å². The number of alkyl carbamates (subject to hydrolysis) is 2. The SMILES string of the molecule is COC(=O)NC(C(=O)N1C[Si](C)(C)[C@H]1c1ncc(-c2ccc3c(c2)cc2n3[C@H](c3ccc(C4CC4)s3)Oc3cc(-c4cnc([C@@H]5CCCN5C(=O)[C@@H](NC(=O)OC)C(C)C)[nH]4)cc(F)c3-2)[nH]1)C1CCOCC1. The lowest BCUT2D eigenvalue weighted by atomic mass is 9.91. The maximum absolute atomic E-state index is 17.0. The van der Waals surface area contributed by atoms with Crippen LogP contribution in [0.4, 0.5) is 14.0 Å². The zero-order chi connectivity index (χ0) is 50.2. The predicted molar refractivity (Wildman–Crippen MR) is 270 cm³/mol. The molecule has 3 saturated heterocycles. The minimum Gasteiger partial charge on any atom is -0.464 e. The van der Waals surface area contributed by atoms with Crippen LogP contribution in [0, 0.1) is 17.7 Å². The second-order valence-electron chi connectivity index (χ2n) is 20.8. The first-order valence-electron chi connectivity index (χ1n) is 24.9. The average Bonchev–Trinajstić information content (AvgIpc) is 3.96. The zero-order valence-electron chi connectivity index (χ0n) is 41.3. The van der Waals surface area contributed by atoms with Gasteiger partial charge in [0.05, 0.1) is 71.4 Å². The molecule has 8 heterocycles. The molecule has 4 N–H and O–H groups in total. The van der Waals surface area contributed by atoms with Crippen LogP contribution in [0.3, 0.4) is 0 Å². The fourth-order valence-electron chi connectivity index (χ4n) is 11.3. The van der Waals surface area contributed by atoms with Crippen molar-refractivity contribution in [2.75, 3.05) is 40.1 Å². The summed E-state index contributed by atoms with van der Waals surface area (Å²) in [7, 11) is 0.569. The first-order chi connectivity index (χ1) is 34.7. The van der Waals surface area contributed by atoms with E-state index in [0.717, 1.165) is 33.5 Å². The van der Waals surface area contributed by atoms with Crippen molar-refractivity contribution in [3.05, 3.63) is 88.1 Å². The number of carbonyl (C=O) groups is 4. The number of ether oxygens (including phenoxy) is 4. The molecule has 0 bridgehead atoms. The summed E-state index contributed by atoms with van der Waals surface area (Å²) in [6.07, 6.45) is 7.33. The number of halogens is 1. The van der Waals surface area contributed by atoms with Crippen molar-refractivity contribution < 1.29 is 42.5 Å². The van der Waals surface area contributed by atoms with Crippen LogP contribution >= 0.6 is 11.3 Å². The van der Waals surface area contributed by atoms with Crippen LogP contribution in [0.5, 0.6) is 5.75 Å². The van der Waals surface area contributed by atoms with E-state index in [4.69, 9.17) is 28.9 Å². The van der Waals surface area contributed by atoms with Crippen LogP contribution in [0.2, 0.25) is 13.1 Å². The number of aromatic amines is 2. The van der Waals surface area contributed by atoms with Gasteiger partial charge in [-0.15, -0.1) is 11.3 Å². The minimum atomic E-state index is -2.00. The number of nitrogens with one attached hydrogen (secondary N) is 4. The van der Waals surface area contributed by atoms with Gasteiger partial charge >= 0.3 is 12.2 Å². The number of hydrogen-bond donors (Lipinski definition) is 4. The summed E-state index contributed by atoms with van der Waals surface area (Å²) in [5.41, 5.74) is 4.49. The fraction of sp³-hybridized carbons (Fsp3) is 0.462. The van der Waals surface area contributed by atoms with Gasteiger partial charge in [-0.1, -0.05) is 33.0 Å². The standard InChI is InChI=1S/C52H60FN9O8SSi/c1-27(2)43(58-51(65)67-3)47(63)60-17-7-8-37(60)45-54-25-35(56-45)31-21-33(53)42-38-22-32-20-30(11-12-36(32)62(38)49(70-39(42)23-31)41-14-13-40(71-41)28-9-10-28)34-24-55-46(57-34)50-61(26-72(50,5)6)48(64)44(59-52(66)68-4)29-15-18-69-19-16-29/h11-14,20-25,27-29,37,43-44,49-50H,7-10,15-19,26H2,1-6H3,(H,54,56)(H,55,57)(H,58,65)(H,59,66)/t37-,43-,44?,49-,50-/m0/s1. The Morgan fingerprint density at radius 2 is 1.54 bits per heavy atom. The van der Waals surface area contributed by atoms with Crippen LogP contribution in [0.1, 0.15) is 97.6 Å². The van der Waals surface area contributed by atoms with Crippen molar-refractivity contribution in [2.24, 2.45) is 11.8 Å². The Bertz CT molecular complexity index is 3080. The molecule has 2 aromatic carbocycles. The van der Waals surface area contributed by atoms with E-state index in [1.165, 1.54) is 38.0 Å². The molecule has 5 atom stereocenters. The molecule has 17 nitrogen and oxygen atoms in total. The number of methoxy groups -OCH3 is 2. The maximum Gasteiger partial charge on any atom is 0.407 e. The highest BCUT2D eigenvalue weighted by atomic mass is 32.1. The van der Waals surface area contributed by atoms with E-state index in [1.54, 1.807) is 22.4 Å². The summed E-state index contributed by atoms with van der Waals surface area (Å²) in [5.74, 6) is 1.19. The van der Waals surface area contributed by atoms with E-state index in [9.17, 15) is 19.2 Å². The van der Waals surface area contributed by atoms with Crippen LogP contribution < -0.4 is 15.4 Å². The summed E-state index contributed by atoms with van der Waals surface area (Å²) in [5, 5.41) is 6.42. The highest BCUT2D eigenvalue weighted by Gasteiger charge is 2.54. The number of hydrogen-bond acceptors (Lipinski definition) is 11. The molecule has 4 fully saturated rings. The molecule has 4 amide bonds. The number of aromatic nitrogens is 5. The van der Waals surface area contributed by atoms with E-state index < -0.39 is 44.4 Å². The lowest BCUT2D eigenvalue weighted by Gasteiger charge is -2.53. The quantitative estimate of drug-likeness (QED) is 0.0859. The number of nitrogens with zero attached hydrogens (tertiary/aromatic N) is 5. The number of carbonyl (C=O) groups excluding carboxylic acids is 4. The number of thiophene rings is 1. The topological polar surface area (TPSA) is 198 Å². The van der Waals surface area contributed by atoms with Gasteiger partial charge in [-0.25, -0.2) is 23.9 Å². The number of imidazole rings is 2. The minimum absolute atomic E-state index is 0.0720. The Morgan fingerprint density at radius 3 is 2.26 bits per heavy atom. The van der Waals surface area contributed by atoms with Gasteiger partial charge in [-0.3, -0.25) is 14.2 Å². The van der Waals surface area contributed by atoms with Crippen LogP contribution in [-0.2, 0) is 23.8 Å². The van der Waals surface area contributed by atoms with Crippen molar-refractivity contribution in [2.45, 2.75) is 101 Å². The highest BCUT2D eigenvalue weighted by Crippen LogP contribution is 2.51. The van der Waals surface area contributed by atoms with E-state index in [1.807, 2.05) is 49.2 Å². The van der Waals surface area contributed by atoms with Gasteiger partial charge in [0.1, 0.15) is 43.4 Å². The van der Waals surface area contributed by atoms with E-state index >= 15 is 4.39 Å². The Balaban J connectivity index is 0.903. The molecule has 1 unspecified atom stereocenters. The molecule has 0 radical (unpaired) electrons. The van der Waals surface area contributed by atoms with E-state index in [2.05, 4.69) is 56.5 Å². The first kappa shape index (κ1) is 47.8. The normalized spacial score (nSPS) is 21.4. The van der Waals surface area contributed by atoms with Crippen LogP contribution in [0.15, 0.2) is 60.9 Å². The van der Waals surface area contributed by atoms with Crippen molar-refractivity contribution in [1.82, 2.24) is 44.9 Å². The van der Waals surface area contributed by atoms with Crippen molar-refractivity contribution in [1.29, 1.82) is 0 Å². The summed E-state index contributed by atoms with van der Waals surface area (Å²) in [4.78, 5) is 75.3. The predicted octanol–water partition coefficient (Wildman–Crippen LogP) is 8.97. The number of amides is 4. The third-order valence-corrected chi connectivity index (χ3v) is 19.7. The number of fused-ring (bicyclic) bond motifs is 5. The van der Waals surface area contributed by atoms with Crippen LogP contribution in [-0.4, -0.2) is 119 Å². The smallest absolute Gasteiger partial charge is 0.407 e. The number of benzene rings is 2. The maximum atomic E-state index is 17.0. The zero-order valence-corrected chi connectivity index (χ0v) is 43.1. The second kappa shape index (κ2) is 18.8. The number of likely N-dealkylation sites (tertiary alicyclic amines) is 1. The molecule has 72 heavy (non-hydrogen) atoms.